The predicted octanol–water partition coefficient (Wildman–Crippen LogP) is 5.39. The summed E-state index contributed by atoms with van der Waals surface area (Å²) in [5.74, 6) is 0.896. The van der Waals surface area contributed by atoms with Crippen LogP contribution >= 0.6 is 43.2 Å². The normalized spacial score (nSPS) is 12.4. The van der Waals surface area contributed by atoms with E-state index in [1.54, 1.807) is 11.3 Å². The zero-order chi connectivity index (χ0) is 12.3. The minimum absolute atomic E-state index is 0.221. The highest BCUT2D eigenvalue weighted by molar-refractivity contribution is 9.11. The second-order valence-electron chi connectivity index (χ2n) is 3.54. The maximum absolute atomic E-state index is 5.47. The number of ether oxygens (including phenoxy) is 1. The molecular formula is C13H12Br2OS. The maximum atomic E-state index is 5.47. The van der Waals surface area contributed by atoms with Crippen molar-refractivity contribution in [2.24, 2.45) is 0 Å². The second kappa shape index (κ2) is 6.03. The number of hydrogen-bond acceptors (Lipinski definition) is 2. The Labute approximate surface area is 122 Å². The fourth-order valence-electron chi connectivity index (χ4n) is 1.57. The van der Waals surface area contributed by atoms with Crippen molar-refractivity contribution in [1.82, 2.24) is 0 Å². The Morgan fingerprint density at radius 2 is 2.18 bits per heavy atom. The van der Waals surface area contributed by atoms with Gasteiger partial charge in [0.1, 0.15) is 5.75 Å². The van der Waals surface area contributed by atoms with Crippen LogP contribution in [0, 0.1) is 0 Å². The van der Waals surface area contributed by atoms with Crippen molar-refractivity contribution in [2.75, 3.05) is 6.61 Å². The van der Waals surface area contributed by atoms with Gasteiger partial charge in [-0.05, 0) is 47.0 Å². The fraction of sp³-hybridized carbons (Fsp3) is 0.231. The molecule has 0 spiro atoms. The van der Waals surface area contributed by atoms with E-state index in [0.29, 0.717) is 6.61 Å². The van der Waals surface area contributed by atoms with E-state index >= 15 is 0 Å². The van der Waals surface area contributed by atoms with Gasteiger partial charge in [0, 0.05) is 4.47 Å². The molecule has 0 fully saturated rings. The lowest BCUT2D eigenvalue weighted by atomic mass is 10.1. The van der Waals surface area contributed by atoms with Gasteiger partial charge in [0.2, 0.25) is 0 Å². The van der Waals surface area contributed by atoms with Crippen molar-refractivity contribution in [3.63, 3.8) is 0 Å². The topological polar surface area (TPSA) is 9.23 Å². The molecule has 2 aromatic rings. The standard InChI is InChI=1S/C13H12Br2OS/c1-2-16-10-3-4-11(12(14)7-10)13(15)9-5-6-17-8-9/h3-8,13H,2H2,1H3. The molecule has 1 unspecified atom stereocenters. The molecule has 1 aromatic carbocycles. The van der Waals surface area contributed by atoms with Crippen LogP contribution in [0.4, 0.5) is 0 Å². The first-order chi connectivity index (χ1) is 8.22. The largest absolute Gasteiger partial charge is 0.494 e. The molecule has 4 heteroatoms. The number of halogens is 2. The summed E-state index contributed by atoms with van der Waals surface area (Å²) in [6.45, 7) is 2.68. The molecule has 0 bridgehead atoms. The Kier molecular flexibility index (Phi) is 4.65. The number of alkyl halides is 1. The van der Waals surface area contributed by atoms with Gasteiger partial charge in [0.25, 0.3) is 0 Å². The molecule has 1 heterocycles. The lowest BCUT2D eigenvalue weighted by Crippen LogP contribution is -1.95. The van der Waals surface area contributed by atoms with Gasteiger partial charge < -0.3 is 4.74 Å². The first kappa shape index (κ1) is 13.1. The zero-order valence-electron chi connectivity index (χ0n) is 9.32. The third kappa shape index (κ3) is 3.12. The van der Waals surface area contributed by atoms with Crippen molar-refractivity contribution in [3.05, 3.63) is 50.6 Å². The number of hydrogen-bond donors (Lipinski definition) is 0. The third-order valence-electron chi connectivity index (χ3n) is 2.39. The minimum atomic E-state index is 0.221. The molecule has 0 radical (unpaired) electrons. The molecule has 0 saturated heterocycles. The Bertz CT molecular complexity index is 482. The first-order valence-corrected chi connectivity index (χ1v) is 7.96. The lowest BCUT2D eigenvalue weighted by molar-refractivity contribution is 0.340. The molecule has 0 aliphatic rings. The van der Waals surface area contributed by atoms with Crippen molar-refractivity contribution in [2.45, 2.75) is 11.8 Å². The third-order valence-corrected chi connectivity index (χ3v) is 4.80. The fourth-order valence-corrected chi connectivity index (χ4v) is 4.01. The molecule has 0 amide bonds. The molecular weight excluding hydrogens is 364 g/mol. The van der Waals surface area contributed by atoms with Gasteiger partial charge in [0.05, 0.1) is 11.4 Å². The van der Waals surface area contributed by atoms with Crippen LogP contribution in [0.15, 0.2) is 39.5 Å². The van der Waals surface area contributed by atoms with Gasteiger partial charge >= 0.3 is 0 Å². The summed E-state index contributed by atoms with van der Waals surface area (Å²) in [6, 6.07) is 8.24. The van der Waals surface area contributed by atoms with Gasteiger partial charge in [-0.1, -0.05) is 37.9 Å². The van der Waals surface area contributed by atoms with E-state index in [4.69, 9.17) is 4.74 Å². The van der Waals surface area contributed by atoms with Crippen molar-refractivity contribution in [1.29, 1.82) is 0 Å². The summed E-state index contributed by atoms with van der Waals surface area (Å²) in [6.07, 6.45) is 0. The number of rotatable bonds is 4. The average Bonchev–Trinajstić information content (AvgIpc) is 2.82. The second-order valence-corrected chi connectivity index (χ2v) is 6.09. The molecule has 2 rings (SSSR count). The molecule has 90 valence electrons. The summed E-state index contributed by atoms with van der Waals surface area (Å²) < 4.78 is 6.54. The van der Waals surface area contributed by atoms with E-state index in [-0.39, 0.29) is 4.83 Å². The van der Waals surface area contributed by atoms with E-state index in [2.05, 4.69) is 54.8 Å². The lowest BCUT2D eigenvalue weighted by Gasteiger charge is -2.12. The molecule has 0 aliphatic heterocycles. The highest BCUT2D eigenvalue weighted by Crippen LogP contribution is 2.37. The van der Waals surface area contributed by atoms with Crippen molar-refractivity contribution >= 4 is 43.2 Å². The smallest absolute Gasteiger partial charge is 0.120 e. The highest BCUT2D eigenvalue weighted by Gasteiger charge is 2.14. The molecule has 0 N–H and O–H groups in total. The molecule has 0 aliphatic carbocycles. The Balaban J connectivity index is 2.27. The zero-order valence-corrected chi connectivity index (χ0v) is 13.3. The quantitative estimate of drug-likeness (QED) is 0.650. The van der Waals surface area contributed by atoms with Crippen LogP contribution in [0.3, 0.4) is 0 Å². The molecule has 17 heavy (non-hydrogen) atoms. The molecule has 0 saturated carbocycles. The van der Waals surface area contributed by atoms with Crippen LogP contribution in [0.1, 0.15) is 22.9 Å². The minimum Gasteiger partial charge on any atom is -0.494 e. The van der Waals surface area contributed by atoms with Crippen LogP contribution in [0.2, 0.25) is 0 Å². The van der Waals surface area contributed by atoms with Crippen LogP contribution in [0.25, 0.3) is 0 Å². The van der Waals surface area contributed by atoms with E-state index in [0.717, 1.165) is 10.2 Å². The Hall–Kier alpha value is -0.320. The van der Waals surface area contributed by atoms with Crippen LogP contribution in [0.5, 0.6) is 5.75 Å². The Morgan fingerprint density at radius 3 is 2.76 bits per heavy atom. The maximum Gasteiger partial charge on any atom is 0.120 e. The molecule has 1 atom stereocenters. The van der Waals surface area contributed by atoms with Crippen LogP contribution < -0.4 is 4.74 Å². The summed E-state index contributed by atoms with van der Waals surface area (Å²) in [7, 11) is 0. The van der Waals surface area contributed by atoms with Gasteiger partial charge in [-0.2, -0.15) is 11.3 Å². The van der Waals surface area contributed by atoms with E-state index < -0.39 is 0 Å². The van der Waals surface area contributed by atoms with Gasteiger partial charge in [-0.3, -0.25) is 0 Å². The molecule has 1 nitrogen and oxygen atoms in total. The highest BCUT2D eigenvalue weighted by atomic mass is 79.9. The summed E-state index contributed by atoms with van der Waals surface area (Å²) in [4.78, 5) is 0.221. The van der Waals surface area contributed by atoms with Crippen LogP contribution in [-0.2, 0) is 0 Å². The van der Waals surface area contributed by atoms with Gasteiger partial charge in [-0.15, -0.1) is 0 Å². The van der Waals surface area contributed by atoms with E-state index in [1.165, 1.54) is 11.1 Å². The SMILES string of the molecule is CCOc1ccc(C(Br)c2ccsc2)c(Br)c1. The number of benzene rings is 1. The van der Waals surface area contributed by atoms with Gasteiger partial charge in [-0.25, -0.2) is 0 Å². The van der Waals surface area contributed by atoms with E-state index in [9.17, 15) is 0 Å². The van der Waals surface area contributed by atoms with E-state index in [1.807, 2.05) is 19.1 Å². The van der Waals surface area contributed by atoms with Crippen molar-refractivity contribution in [3.8, 4) is 5.75 Å². The summed E-state index contributed by atoms with van der Waals surface area (Å²) >= 11 is 9.03. The first-order valence-electron chi connectivity index (χ1n) is 5.30. The summed E-state index contributed by atoms with van der Waals surface area (Å²) in [5, 5.41) is 4.24. The Morgan fingerprint density at radius 1 is 1.35 bits per heavy atom. The van der Waals surface area contributed by atoms with Crippen LogP contribution in [-0.4, -0.2) is 6.61 Å². The number of thiophene rings is 1. The summed E-state index contributed by atoms with van der Waals surface area (Å²) in [5.41, 5.74) is 2.49. The average molecular weight is 376 g/mol. The van der Waals surface area contributed by atoms with Gasteiger partial charge in [0.15, 0.2) is 0 Å². The monoisotopic (exact) mass is 374 g/mol. The predicted molar refractivity (Wildman–Crippen MR) is 80.4 cm³/mol. The molecule has 1 aromatic heterocycles. The van der Waals surface area contributed by atoms with Crippen molar-refractivity contribution < 1.29 is 4.74 Å².